The molecule has 10 heteroatoms. The molecule has 0 aromatic heterocycles. The molecule has 2 aromatic rings. The van der Waals surface area contributed by atoms with Gasteiger partial charge in [-0.3, -0.25) is 19.9 Å². The number of rotatable bonds is 8. The van der Waals surface area contributed by atoms with E-state index in [0.29, 0.717) is 53.3 Å². The number of alkyl halides is 1. The Bertz CT molecular complexity index is 1190. The van der Waals surface area contributed by atoms with Gasteiger partial charge in [0.25, 0.3) is 11.8 Å². The van der Waals surface area contributed by atoms with Crippen LogP contribution >= 0.6 is 23.2 Å². The largest absolute Gasteiger partial charge is 0.354 e. The molecule has 2 fully saturated rings. The zero-order valence-electron chi connectivity index (χ0n) is 19.2. The van der Waals surface area contributed by atoms with Gasteiger partial charge in [-0.2, -0.15) is 0 Å². The highest BCUT2D eigenvalue weighted by atomic mass is 35.5. The average Bonchev–Trinajstić information content (AvgIpc) is 3.78. The van der Waals surface area contributed by atoms with Crippen LogP contribution in [-0.2, 0) is 0 Å². The summed E-state index contributed by atoms with van der Waals surface area (Å²) in [4.78, 5) is 30.3. The summed E-state index contributed by atoms with van der Waals surface area (Å²) >= 11 is 12.8. The number of carbonyl (C=O) groups is 2. The Morgan fingerprint density at radius 3 is 2.54 bits per heavy atom. The lowest BCUT2D eigenvalue weighted by Gasteiger charge is -2.26. The minimum atomic E-state index is -0.296. The van der Waals surface area contributed by atoms with E-state index in [2.05, 4.69) is 20.9 Å². The number of nitrogens with one attached hydrogen (secondary N) is 3. The number of carbonyl (C=O) groups excluding carboxylic acids is 2. The van der Waals surface area contributed by atoms with Gasteiger partial charge in [-0.15, -0.1) is 11.6 Å². The van der Waals surface area contributed by atoms with Crippen molar-refractivity contribution in [3.63, 3.8) is 0 Å². The zero-order valence-corrected chi connectivity index (χ0v) is 20.8. The van der Waals surface area contributed by atoms with Gasteiger partial charge in [0.2, 0.25) is 0 Å². The van der Waals surface area contributed by atoms with E-state index in [4.69, 9.17) is 29.0 Å². The van der Waals surface area contributed by atoms with Gasteiger partial charge in [0.1, 0.15) is 0 Å². The SMILES string of the molecule is NN(CCCl)c1c(C(=O)NC2=NCCN2)ccc(-c2cccc(C(=O)NC3CC3)c2Cl)c1C1CC1. The maximum Gasteiger partial charge on any atom is 0.260 e. The molecule has 8 nitrogen and oxygen atoms in total. The maximum atomic E-state index is 13.3. The van der Waals surface area contributed by atoms with E-state index in [-0.39, 0.29) is 23.8 Å². The Labute approximate surface area is 214 Å². The van der Waals surface area contributed by atoms with Crippen molar-refractivity contribution in [2.75, 3.05) is 30.5 Å². The lowest BCUT2D eigenvalue weighted by atomic mass is 9.90. The lowest BCUT2D eigenvalue weighted by Crippen LogP contribution is -2.40. The van der Waals surface area contributed by atoms with Gasteiger partial charge in [-0.1, -0.05) is 29.8 Å². The fraction of sp³-hybridized carbons (Fsp3) is 0.400. The molecule has 2 aromatic carbocycles. The van der Waals surface area contributed by atoms with Crippen LogP contribution in [-0.4, -0.2) is 49.3 Å². The predicted molar refractivity (Wildman–Crippen MR) is 139 cm³/mol. The number of amides is 2. The number of nitrogens with two attached hydrogens (primary N) is 1. The molecule has 0 unspecified atom stereocenters. The maximum absolute atomic E-state index is 13.3. The molecule has 2 aliphatic carbocycles. The number of hydrogen-bond donors (Lipinski definition) is 4. The van der Waals surface area contributed by atoms with Crippen molar-refractivity contribution in [2.45, 2.75) is 37.6 Å². The summed E-state index contributed by atoms with van der Waals surface area (Å²) in [5, 5.41) is 10.8. The van der Waals surface area contributed by atoms with Gasteiger partial charge in [0.15, 0.2) is 5.96 Å². The van der Waals surface area contributed by atoms with E-state index in [9.17, 15) is 9.59 Å². The topological polar surface area (TPSA) is 112 Å². The van der Waals surface area contributed by atoms with E-state index >= 15 is 0 Å². The summed E-state index contributed by atoms with van der Waals surface area (Å²) in [6.45, 7) is 1.67. The summed E-state index contributed by atoms with van der Waals surface area (Å²) in [5.74, 6) is 6.99. The van der Waals surface area contributed by atoms with Crippen molar-refractivity contribution in [2.24, 2.45) is 10.8 Å². The predicted octanol–water partition coefficient (Wildman–Crippen LogP) is 3.38. The molecule has 184 valence electrons. The fourth-order valence-electron chi connectivity index (χ4n) is 4.39. The highest BCUT2D eigenvalue weighted by molar-refractivity contribution is 6.36. The lowest BCUT2D eigenvalue weighted by molar-refractivity contribution is 0.0948. The van der Waals surface area contributed by atoms with Crippen LogP contribution in [0.15, 0.2) is 35.3 Å². The van der Waals surface area contributed by atoms with Crippen LogP contribution in [0.3, 0.4) is 0 Å². The van der Waals surface area contributed by atoms with Crippen molar-refractivity contribution < 1.29 is 9.59 Å². The van der Waals surface area contributed by atoms with Crippen LogP contribution in [0.4, 0.5) is 5.69 Å². The highest BCUT2D eigenvalue weighted by Crippen LogP contribution is 2.50. The van der Waals surface area contributed by atoms with E-state index in [1.807, 2.05) is 18.2 Å². The standard InChI is InChI=1S/C25H28Cl2N6O2/c26-10-13-33(28)22-19(24(35)32-25-29-11-12-30-25)9-8-16(20(22)14-4-5-14)17-2-1-3-18(21(17)27)23(34)31-15-6-7-15/h1-3,8-9,14-15H,4-7,10-13,28H2,(H,31,34)(H2,29,30,32,35). The number of guanidine groups is 1. The molecular formula is C25H28Cl2N6O2. The highest BCUT2D eigenvalue weighted by Gasteiger charge is 2.34. The number of aliphatic imine (C=N–C) groups is 1. The van der Waals surface area contributed by atoms with E-state index in [1.54, 1.807) is 17.1 Å². The number of benzene rings is 2. The monoisotopic (exact) mass is 514 g/mol. The third-order valence-electron chi connectivity index (χ3n) is 6.41. The first-order valence-electron chi connectivity index (χ1n) is 11.9. The second-order valence-electron chi connectivity index (χ2n) is 9.11. The number of anilines is 1. The molecule has 0 atom stereocenters. The molecule has 0 saturated heterocycles. The zero-order chi connectivity index (χ0) is 24.5. The van der Waals surface area contributed by atoms with Crippen LogP contribution in [0.25, 0.3) is 11.1 Å². The Morgan fingerprint density at radius 1 is 1.09 bits per heavy atom. The minimum absolute atomic E-state index is 0.170. The van der Waals surface area contributed by atoms with Gasteiger partial charge in [-0.05, 0) is 54.9 Å². The third-order valence-corrected chi connectivity index (χ3v) is 6.99. The number of hydrazine groups is 1. The number of nitrogens with zero attached hydrogens (tertiary/aromatic N) is 2. The van der Waals surface area contributed by atoms with Crippen molar-refractivity contribution >= 4 is 46.7 Å². The van der Waals surface area contributed by atoms with Gasteiger partial charge in [0, 0.05) is 30.6 Å². The van der Waals surface area contributed by atoms with Crippen LogP contribution in [0.1, 0.15) is 57.9 Å². The Kier molecular flexibility index (Phi) is 6.86. The summed E-state index contributed by atoms with van der Waals surface area (Å²) < 4.78 is 0. The fourth-order valence-corrected chi connectivity index (χ4v) is 4.88. The smallest absolute Gasteiger partial charge is 0.260 e. The summed E-state index contributed by atoms with van der Waals surface area (Å²) in [6, 6.07) is 9.36. The quantitative estimate of drug-likeness (QED) is 0.245. The Morgan fingerprint density at radius 2 is 1.89 bits per heavy atom. The molecule has 1 aliphatic heterocycles. The first-order chi connectivity index (χ1) is 17.0. The van der Waals surface area contributed by atoms with Crippen LogP contribution in [0, 0.1) is 0 Å². The molecule has 2 amide bonds. The van der Waals surface area contributed by atoms with Crippen LogP contribution < -0.4 is 26.8 Å². The summed E-state index contributed by atoms with van der Waals surface area (Å²) in [6.07, 6.45) is 3.95. The molecule has 0 bridgehead atoms. The molecule has 2 saturated carbocycles. The normalized spacial score (nSPS) is 16.9. The molecule has 5 rings (SSSR count). The first kappa shape index (κ1) is 23.9. The van der Waals surface area contributed by atoms with Gasteiger partial charge in [0.05, 0.1) is 28.4 Å². The Hall–Kier alpha value is -2.81. The van der Waals surface area contributed by atoms with Crippen molar-refractivity contribution in [3.8, 4) is 11.1 Å². The second-order valence-corrected chi connectivity index (χ2v) is 9.86. The molecule has 5 N–H and O–H groups in total. The first-order valence-corrected chi connectivity index (χ1v) is 12.8. The summed E-state index contributed by atoms with van der Waals surface area (Å²) in [7, 11) is 0. The van der Waals surface area contributed by atoms with Gasteiger partial charge < -0.3 is 15.6 Å². The number of hydrogen-bond acceptors (Lipinski definition) is 6. The molecular weight excluding hydrogens is 487 g/mol. The molecule has 0 radical (unpaired) electrons. The Balaban J connectivity index is 1.60. The van der Waals surface area contributed by atoms with Crippen molar-refractivity contribution in [1.82, 2.24) is 16.0 Å². The molecule has 1 heterocycles. The third kappa shape index (κ3) is 5.10. The van der Waals surface area contributed by atoms with Gasteiger partial charge in [-0.25, -0.2) is 5.84 Å². The number of halogens is 2. The molecule has 35 heavy (non-hydrogen) atoms. The van der Waals surface area contributed by atoms with Crippen LogP contribution in [0.2, 0.25) is 5.02 Å². The average molecular weight is 515 g/mol. The van der Waals surface area contributed by atoms with E-state index in [0.717, 1.165) is 42.4 Å². The molecule has 0 spiro atoms. The van der Waals surface area contributed by atoms with E-state index < -0.39 is 0 Å². The van der Waals surface area contributed by atoms with Crippen molar-refractivity contribution in [1.29, 1.82) is 0 Å². The molecule has 3 aliphatic rings. The second kappa shape index (κ2) is 10.0. The van der Waals surface area contributed by atoms with E-state index in [1.165, 1.54) is 0 Å². The van der Waals surface area contributed by atoms with Crippen LogP contribution in [0.5, 0.6) is 0 Å². The van der Waals surface area contributed by atoms with Crippen molar-refractivity contribution in [3.05, 3.63) is 52.0 Å². The minimum Gasteiger partial charge on any atom is -0.354 e. The van der Waals surface area contributed by atoms with Gasteiger partial charge >= 0.3 is 0 Å². The summed E-state index contributed by atoms with van der Waals surface area (Å²) in [5.41, 5.74) is 4.08.